The fraction of sp³-hybridized carbons (Fsp3) is 0.467. The molecule has 2 aromatic heterocycles. The minimum absolute atomic E-state index is 0.0192. The third-order valence-corrected chi connectivity index (χ3v) is 3.94. The Bertz CT molecular complexity index is 601. The number of rotatable bonds is 7. The molecule has 2 heterocycles. The van der Waals surface area contributed by atoms with Crippen LogP contribution in [0.15, 0.2) is 34.2 Å². The number of hydrogen-bond acceptors (Lipinski definition) is 6. The van der Waals surface area contributed by atoms with E-state index < -0.39 is 0 Å². The molecule has 0 unspecified atom stereocenters. The van der Waals surface area contributed by atoms with Crippen LogP contribution in [0.2, 0.25) is 0 Å². The number of carbonyl (C=O) groups is 1. The van der Waals surface area contributed by atoms with E-state index in [0.29, 0.717) is 23.6 Å². The first-order chi connectivity index (χ1) is 10.6. The molecule has 0 spiro atoms. The number of carbonyl (C=O) groups excluding carboxylic acids is 1. The Kier molecular flexibility index (Phi) is 5.94. The molecule has 0 saturated heterocycles. The molecule has 2 rings (SSSR count). The lowest BCUT2D eigenvalue weighted by Gasteiger charge is -2.10. The summed E-state index contributed by atoms with van der Waals surface area (Å²) in [7, 11) is 0. The highest BCUT2D eigenvalue weighted by molar-refractivity contribution is 8.00. The molecule has 1 atom stereocenters. The zero-order chi connectivity index (χ0) is 15.9. The van der Waals surface area contributed by atoms with Gasteiger partial charge in [0.05, 0.1) is 5.25 Å². The molecular weight excluding hydrogens is 300 g/mol. The lowest BCUT2D eigenvalue weighted by Crippen LogP contribution is -2.32. The highest BCUT2D eigenvalue weighted by Gasteiger charge is 2.18. The summed E-state index contributed by atoms with van der Waals surface area (Å²) in [5.41, 5.74) is 0.809. The van der Waals surface area contributed by atoms with Crippen LogP contribution in [0.1, 0.15) is 27.2 Å². The molecule has 0 radical (unpaired) electrons. The maximum Gasteiger partial charge on any atom is 0.277 e. The lowest BCUT2D eigenvalue weighted by molar-refractivity contribution is -0.120. The average molecular weight is 320 g/mol. The summed E-state index contributed by atoms with van der Waals surface area (Å²) in [6, 6.07) is 3.59. The van der Waals surface area contributed by atoms with Crippen LogP contribution in [-0.4, -0.2) is 32.9 Å². The minimum atomic E-state index is -0.280. The van der Waals surface area contributed by atoms with Crippen LogP contribution in [0.3, 0.4) is 0 Å². The van der Waals surface area contributed by atoms with E-state index in [0.717, 1.165) is 12.0 Å². The molecule has 22 heavy (non-hydrogen) atoms. The van der Waals surface area contributed by atoms with Gasteiger partial charge in [-0.25, -0.2) is 0 Å². The summed E-state index contributed by atoms with van der Waals surface area (Å²) in [5.74, 6) is 0.980. The maximum atomic E-state index is 12.0. The van der Waals surface area contributed by atoms with Gasteiger partial charge in [0, 0.05) is 24.5 Å². The first-order valence-corrected chi connectivity index (χ1v) is 8.12. The molecule has 118 valence electrons. The van der Waals surface area contributed by atoms with E-state index in [9.17, 15) is 4.79 Å². The van der Waals surface area contributed by atoms with Crippen LogP contribution in [0.5, 0.6) is 0 Å². The van der Waals surface area contributed by atoms with E-state index in [4.69, 9.17) is 4.42 Å². The summed E-state index contributed by atoms with van der Waals surface area (Å²) in [4.78, 5) is 15.9. The van der Waals surface area contributed by atoms with E-state index >= 15 is 0 Å². The van der Waals surface area contributed by atoms with Crippen molar-refractivity contribution in [2.75, 3.05) is 6.54 Å². The van der Waals surface area contributed by atoms with E-state index in [-0.39, 0.29) is 11.2 Å². The number of nitrogens with one attached hydrogen (secondary N) is 1. The van der Waals surface area contributed by atoms with Crippen molar-refractivity contribution in [1.82, 2.24) is 20.5 Å². The van der Waals surface area contributed by atoms with Crippen LogP contribution in [0.4, 0.5) is 0 Å². The monoisotopic (exact) mass is 320 g/mol. The predicted octanol–water partition coefficient (Wildman–Crippen LogP) is 2.77. The highest BCUT2D eigenvalue weighted by atomic mass is 32.2. The van der Waals surface area contributed by atoms with Crippen molar-refractivity contribution in [2.45, 2.75) is 37.7 Å². The Morgan fingerprint density at radius 2 is 2.00 bits per heavy atom. The summed E-state index contributed by atoms with van der Waals surface area (Å²) in [6.45, 7) is 6.77. The first-order valence-electron chi connectivity index (χ1n) is 7.24. The Morgan fingerprint density at radius 3 is 2.68 bits per heavy atom. The average Bonchev–Trinajstić information content (AvgIpc) is 2.96. The summed E-state index contributed by atoms with van der Waals surface area (Å²) in [6.07, 6.45) is 4.30. The second-order valence-corrected chi connectivity index (χ2v) is 6.63. The Balaban J connectivity index is 1.88. The topological polar surface area (TPSA) is 80.9 Å². The fourth-order valence-corrected chi connectivity index (χ4v) is 2.41. The van der Waals surface area contributed by atoms with Gasteiger partial charge in [0.2, 0.25) is 11.8 Å². The zero-order valence-corrected chi connectivity index (χ0v) is 13.8. The van der Waals surface area contributed by atoms with Gasteiger partial charge in [-0.3, -0.25) is 9.78 Å². The predicted molar refractivity (Wildman–Crippen MR) is 85.3 cm³/mol. The van der Waals surface area contributed by atoms with Crippen molar-refractivity contribution in [2.24, 2.45) is 5.92 Å². The second kappa shape index (κ2) is 7.93. The Labute approximate surface area is 134 Å². The normalized spacial score (nSPS) is 12.4. The highest BCUT2D eigenvalue weighted by Crippen LogP contribution is 2.25. The van der Waals surface area contributed by atoms with E-state index in [1.807, 2.05) is 6.92 Å². The van der Waals surface area contributed by atoms with E-state index in [1.165, 1.54) is 11.8 Å². The summed E-state index contributed by atoms with van der Waals surface area (Å²) >= 11 is 1.26. The number of pyridine rings is 1. The van der Waals surface area contributed by atoms with Gasteiger partial charge in [0.1, 0.15) is 0 Å². The number of amides is 1. The Morgan fingerprint density at radius 1 is 1.27 bits per heavy atom. The van der Waals surface area contributed by atoms with Gasteiger partial charge in [-0.05, 0) is 31.4 Å². The first kappa shape index (κ1) is 16.5. The van der Waals surface area contributed by atoms with Gasteiger partial charge in [0.15, 0.2) is 0 Å². The Hall–Kier alpha value is -1.89. The SMILES string of the molecule is CC(C)CCNC(=O)[C@@H](C)Sc1nnc(-c2ccncc2)o1. The number of hydrogen-bond donors (Lipinski definition) is 1. The molecule has 0 fully saturated rings. The molecule has 0 aromatic carbocycles. The van der Waals surface area contributed by atoms with Gasteiger partial charge in [-0.15, -0.1) is 10.2 Å². The van der Waals surface area contributed by atoms with Crippen molar-refractivity contribution in [3.63, 3.8) is 0 Å². The molecule has 0 aliphatic carbocycles. The van der Waals surface area contributed by atoms with E-state index in [1.54, 1.807) is 24.5 Å². The third kappa shape index (κ3) is 4.84. The molecule has 1 N–H and O–H groups in total. The molecule has 0 saturated carbocycles. The van der Waals surface area contributed by atoms with Crippen molar-refractivity contribution in [1.29, 1.82) is 0 Å². The molecule has 7 heteroatoms. The van der Waals surface area contributed by atoms with Gasteiger partial charge in [0.25, 0.3) is 5.22 Å². The van der Waals surface area contributed by atoms with E-state index in [2.05, 4.69) is 34.3 Å². The van der Waals surface area contributed by atoms with Gasteiger partial charge in [-0.2, -0.15) is 0 Å². The quantitative estimate of drug-likeness (QED) is 0.790. The lowest BCUT2D eigenvalue weighted by atomic mass is 10.1. The second-order valence-electron chi connectivity index (χ2n) is 5.34. The van der Waals surface area contributed by atoms with Gasteiger partial charge < -0.3 is 9.73 Å². The molecule has 0 aliphatic rings. The zero-order valence-electron chi connectivity index (χ0n) is 12.9. The van der Waals surface area contributed by atoms with Crippen LogP contribution in [0, 0.1) is 5.92 Å². The molecule has 0 aliphatic heterocycles. The summed E-state index contributed by atoms with van der Waals surface area (Å²) in [5, 5.41) is 11.0. The van der Waals surface area contributed by atoms with Crippen LogP contribution in [-0.2, 0) is 4.79 Å². The summed E-state index contributed by atoms with van der Waals surface area (Å²) < 4.78 is 5.57. The number of aromatic nitrogens is 3. The maximum absolute atomic E-state index is 12.0. The smallest absolute Gasteiger partial charge is 0.277 e. The molecule has 2 aromatic rings. The molecular formula is C15H20N4O2S. The van der Waals surface area contributed by atoms with Gasteiger partial charge in [-0.1, -0.05) is 25.6 Å². The molecule has 1 amide bonds. The largest absolute Gasteiger partial charge is 0.411 e. The van der Waals surface area contributed by atoms with Crippen molar-refractivity contribution in [3.05, 3.63) is 24.5 Å². The van der Waals surface area contributed by atoms with Crippen LogP contribution >= 0.6 is 11.8 Å². The van der Waals surface area contributed by atoms with Crippen LogP contribution in [0.25, 0.3) is 11.5 Å². The third-order valence-electron chi connectivity index (χ3n) is 3.00. The molecule has 6 nitrogen and oxygen atoms in total. The van der Waals surface area contributed by atoms with Crippen molar-refractivity contribution < 1.29 is 9.21 Å². The number of nitrogens with zero attached hydrogens (tertiary/aromatic N) is 3. The van der Waals surface area contributed by atoms with Gasteiger partial charge >= 0.3 is 0 Å². The minimum Gasteiger partial charge on any atom is -0.411 e. The van der Waals surface area contributed by atoms with Crippen LogP contribution < -0.4 is 5.32 Å². The van der Waals surface area contributed by atoms with Crippen molar-refractivity contribution in [3.8, 4) is 11.5 Å². The molecule has 0 bridgehead atoms. The fourth-order valence-electron chi connectivity index (χ4n) is 1.70. The number of thioether (sulfide) groups is 1. The van der Waals surface area contributed by atoms with Crippen molar-refractivity contribution >= 4 is 17.7 Å². The standard InChI is InChI=1S/C15H20N4O2S/c1-10(2)4-9-17-13(20)11(3)22-15-19-18-14(21-15)12-5-7-16-8-6-12/h5-8,10-11H,4,9H2,1-3H3,(H,17,20)/t11-/m1/s1.